The van der Waals surface area contributed by atoms with E-state index in [2.05, 4.69) is 0 Å². The highest BCUT2D eigenvalue weighted by atomic mass is 35.5. The second-order valence-corrected chi connectivity index (χ2v) is 5.17. The standard InChI is InChI=1S/C16H16ClFO3/c1-16(19,11-9-10(17)7-8-13(11)20-2)15-12(18)5-4-6-14(15)21-3/h4-9,19H,1-3H3. The lowest BCUT2D eigenvalue weighted by molar-refractivity contribution is 0.0914. The second kappa shape index (κ2) is 5.92. The monoisotopic (exact) mass is 310 g/mol. The number of ether oxygens (including phenoxy) is 2. The summed E-state index contributed by atoms with van der Waals surface area (Å²) in [4.78, 5) is 0. The molecule has 2 aromatic rings. The Morgan fingerprint density at radius 3 is 2.38 bits per heavy atom. The fourth-order valence-electron chi connectivity index (χ4n) is 2.34. The van der Waals surface area contributed by atoms with E-state index in [9.17, 15) is 9.50 Å². The average molecular weight is 311 g/mol. The molecule has 2 rings (SSSR count). The summed E-state index contributed by atoms with van der Waals surface area (Å²) in [6.45, 7) is 1.47. The van der Waals surface area contributed by atoms with Crippen LogP contribution in [0.3, 0.4) is 0 Å². The fourth-order valence-corrected chi connectivity index (χ4v) is 2.51. The molecule has 2 aromatic carbocycles. The Morgan fingerprint density at radius 1 is 1.10 bits per heavy atom. The number of halogens is 2. The molecule has 0 saturated heterocycles. The maximum atomic E-state index is 14.2. The molecule has 0 aliphatic rings. The van der Waals surface area contributed by atoms with Crippen LogP contribution in [0.5, 0.6) is 11.5 Å². The van der Waals surface area contributed by atoms with Crippen LogP contribution in [0.15, 0.2) is 36.4 Å². The van der Waals surface area contributed by atoms with Gasteiger partial charge in [0.1, 0.15) is 22.9 Å². The van der Waals surface area contributed by atoms with E-state index in [1.807, 2.05) is 0 Å². The first-order chi connectivity index (χ1) is 9.91. The molecule has 1 N–H and O–H groups in total. The predicted octanol–water partition coefficient (Wildman–Crippen LogP) is 3.75. The van der Waals surface area contributed by atoms with Gasteiger partial charge in [-0.15, -0.1) is 0 Å². The molecule has 0 heterocycles. The summed E-state index contributed by atoms with van der Waals surface area (Å²) in [5.74, 6) is 0.0955. The third-order valence-corrected chi connectivity index (χ3v) is 3.60. The first-order valence-electron chi connectivity index (χ1n) is 6.31. The minimum atomic E-state index is -1.66. The van der Waals surface area contributed by atoms with Gasteiger partial charge in [-0.1, -0.05) is 17.7 Å². The maximum Gasteiger partial charge on any atom is 0.133 e. The smallest absolute Gasteiger partial charge is 0.133 e. The van der Waals surface area contributed by atoms with Crippen molar-refractivity contribution in [2.75, 3.05) is 14.2 Å². The molecule has 0 bridgehead atoms. The van der Waals surface area contributed by atoms with Crippen LogP contribution in [0.2, 0.25) is 5.02 Å². The zero-order chi connectivity index (χ0) is 15.6. The summed E-state index contributed by atoms with van der Waals surface area (Å²) in [7, 11) is 2.89. The lowest BCUT2D eigenvalue weighted by atomic mass is 9.86. The molecule has 1 atom stereocenters. The van der Waals surface area contributed by atoms with Gasteiger partial charge < -0.3 is 14.6 Å². The van der Waals surface area contributed by atoms with Crippen molar-refractivity contribution < 1.29 is 19.0 Å². The van der Waals surface area contributed by atoms with Crippen LogP contribution in [0.4, 0.5) is 4.39 Å². The molecule has 0 aliphatic carbocycles. The van der Waals surface area contributed by atoms with Gasteiger partial charge in [0.05, 0.1) is 19.8 Å². The fraction of sp³-hybridized carbons (Fsp3) is 0.250. The van der Waals surface area contributed by atoms with E-state index in [4.69, 9.17) is 21.1 Å². The van der Waals surface area contributed by atoms with Gasteiger partial charge in [-0.3, -0.25) is 0 Å². The molecule has 21 heavy (non-hydrogen) atoms. The van der Waals surface area contributed by atoms with Crippen molar-refractivity contribution in [3.05, 3.63) is 58.4 Å². The van der Waals surface area contributed by atoms with E-state index < -0.39 is 11.4 Å². The van der Waals surface area contributed by atoms with E-state index in [1.165, 1.54) is 33.3 Å². The quantitative estimate of drug-likeness (QED) is 0.934. The number of benzene rings is 2. The zero-order valence-electron chi connectivity index (χ0n) is 12.0. The van der Waals surface area contributed by atoms with Gasteiger partial charge in [-0.2, -0.15) is 0 Å². The minimum Gasteiger partial charge on any atom is -0.496 e. The van der Waals surface area contributed by atoms with Crippen molar-refractivity contribution in [3.63, 3.8) is 0 Å². The molecule has 1 unspecified atom stereocenters. The highest BCUT2D eigenvalue weighted by molar-refractivity contribution is 6.30. The lowest BCUT2D eigenvalue weighted by Crippen LogP contribution is -2.26. The number of hydrogen-bond acceptors (Lipinski definition) is 3. The first kappa shape index (κ1) is 15.6. The summed E-state index contributed by atoms with van der Waals surface area (Å²) in [6, 6.07) is 9.18. The number of hydrogen-bond donors (Lipinski definition) is 1. The Morgan fingerprint density at radius 2 is 1.76 bits per heavy atom. The third-order valence-electron chi connectivity index (χ3n) is 3.37. The van der Waals surface area contributed by atoms with Crippen LogP contribution in [0.25, 0.3) is 0 Å². The van der Waals surface area contributed by atoms with E-state index in [0.717, 1.165) is 0 Å². The third kappa shape index (κ3) is 2.82. The van der Waals surface area contributed by atoms with Crippen molar-refractivity contribution in [2.45, 2.75) is 12.5 Å². The van der Waals surface area contributed by atoms with E-state index in [0.29, 0.717) is 16.3 Å². The largest absolute Gasteiger partial charge is 0.496 e. The molecule has 0 saturated carbocycles. The normalized spacial score (nSPS) is 13.6. The Balaban J connectivity index is 2.70. The van der Waals surface area contributed by atoms with Crippen LogP contribution < -0.4 is 9.47 Å². The van der Waals surface area contributed by atoms with Gasteiger partial charge in [-0.05, 0) is 37.3 Å². The number of rotatable bonds is 4. The average Bonchev–Trinajstić information content (AvgIpc) is 2.46. The molecule has 0 fully saturated rings. The molecule has 0 aliphatic heterocycles. The summed E-state index contributed by atoms with van der Waals surface area (Å²) < 4.78 is 24.6. The molecule has 3 nitrogen and oxygen atoms in total. The SMILES string of the molecule is COc1ccc(Cl)cc1C(C)(O)c1c(F)cccc1OC. The van der Waals surface area contributed by atoms with Crippen LogP contribution >= 0.6 is 11.6 Å². The molecule has 5 heteroatoms. The molecule has 0 spiro atoms. The highest BCUT2D eigenvalue weighted by Gasteiger charge is 2.35. The Hall–Kier alpha value is -1.78. The van der Waals surface area contributed by atoms with E-state index >= 15 is 0 Å². The highest BCUT2D eigenvalue weighted by Crippen LogP contribution is 2.41. The minimum absolute atomic E-state index is 0.0352. The first-order valence-corrected chi connectivity index (χ1v) is 6.69. The lowest BCUT2D eigenvalue weighted by Gasteiger charge is -2.28. The van der Waals surface area contributed by atoms with Crippen LogP contribution in [0.1, 0.15) is 18.1 Å². The van der Waals surface area contributed by atoms with E-state index in [1.54, 1.807) is 24.3 Å². The van der Waals surface area contributed by atoms with Gasteiger partial charge in [0.15, 0.2) is 0 Å². The Labute approximate surface area is 127 Å². The van der Waals surface area contributed by atoms with Gasteiger partial charge in [-0.25, -0.2) is 4.39 Å². The van der Waals surface area contributed by atoms with Crippen molar-refractivity contribution in [1.82, 2.24) is 0 Å². The molecule has 0 amide bonds. The zero-order valence-corrected chi connectivity index (χ0v) is 12.7. The van der Waals surface area contributed by atoms with Crippen LogP contribution in [-0.4, -0.2) is 19.3 Å². The van der Waals surface area contributed by atoms with Crippen molar-refractivity contribution in [1.29, 1.82) is 0 Å². The Bertz CT molecular complexity index is 656. The summed E-state index contributed by atoms with van der Waals surface area (Å²) in [6.07, 6.45) is 0. The summed E-state index contributed by atoms with van der Waals surface area (Å²) in [5, 5.41) is 11.3. The van der Waals surface area contributed by atoms with Gasteiger partial charge in [0.25, 0.3) is 0 Å². The second-order valence-electron chi connectivity index (χ2n) is 4.73. The number of aliphatic hydroxyl groups is 1. The number of methoxy groups -OCH3 is 2. The molecular weight excluding hydrogens is 295 g/mol. The maximum absolute atomic E-state index is 14.2. The van der Waals surface area contributed by atoms with E-state index in [-0.39, 0.29) is 11.3 Å². The van der Waals surface area contributed by atoms with Crippen molar-refractivity contribution in [3.8, 4) is 11.5 Å². The Kier molecular flexibility index (Phi) is 4.40. The van der Waals surface area contributed by atoms with Crippen LogP contribution in [-0.2, 0) is 5.60 Å². The van der Waals surface area contributed by atoms with Crippen molar-refractivity contribution >= 4 is 11.6 Å². The molecular formula is C16H16ClFO3. The van der Waals surface area contributed by atoms with Crippen molar-refractivity contribution in [2.24, 2.45) is 0 Å². The topological polar surface area (TPSA) is 38.7 Å². The predicted molar refractivity (Wildman–Crippen MR) is 79.6 cm³/mol. The molecule has 0 radical (unpaired) electrons. The van der Waals surface area contributed by atoms with Gasteiger partial charge >= 0.3 is 0 Å². The molecule has 0 aromatic heterocycles. The van der Waals surface area contributed by atoms with Gasteiger partial charge in [0.2, 0.25) is 0 Å². The van der Waals surface area contributed by atoms with Crippen LogP contribution in [0, 0.1) is 5.82 Å². The molecule has 112 valence electrons. The van der Waals surface area contributed by atoms with Gasteiger partial charge in [0, 0.05) is 10.6 Å². The summed E-state index contributed by atoms with van der Waals surface area (Å²) in [5.41, 5.74) is -1.26. The summed E-state index contributed by atoms with van der Waals surface area (Å²) >= 11 is 5.99.